The predicted molar refractivity (Wildman–Crippen MR) is 109 cm³/mol. The van der Waals surface area contributed by atoms with Crippen molar-refractivity contribution in [3.63, 3.8) is 0 Å². The number of amides is 1. The minimum Gasteiger partial charge on any atom is -0.296 e. The number of carbonyl (C=O) groups is 1. The summed E-state index contributed by atoms with van der Waals surface area (Å²) in [6.07, 6.45) is 0.795. The third kappa shape index (κ3) is 3.57. The van der Waals surface area contributed by atoms with Gasteiger partial charge in [-0.3, -0.25) is 10.1 Å². The van der Waals surface area contributed by atoms with Crippen LogP contribution in [0.1, 0.15) is 27.9 Å². The number of hydrogen-bond donors (Lipinski definition) is 1. The van der Waals surface area contributed by atoms with Gasteiger partial charge in [0.05, 0.1) is 16.8 Å². The SMILES string of the molecule is CCc1nnc(NC(=O)c2cc(-c3ccc(C)cc3)nc3ccccc23)s1. The molecule has 0 atom stereocenters. The number of aromatic nitrogens is 3. The maximum Gasteiger partial charge on any atom is 0.258 e. The molecule has 2 heterocycles. The Kier molecular flexibility index (Phi) is 4.64. The molecule has 0 saturated carbocycles. The van der Waals surface area contributed by atoms with Crippen LogP contribution in [0.4, 0.5) is 5.13 Å². The highest BCUT2D eigenvalue weighted by Crippen LogP contribution is 2.26. The van der Waals surface area contributed by atoms with Crippen molar-refractivity contribution in [2.45, 2.75) is 20.3 Å². The van der Waals surface area contributed by atoms with Crippen LogP contribution in [0.15, 0.2) is 54.6 Å². The van der Waals surface area contributed by atoms with E-state index in [0.717, 1.165) is 33.6 Å². The van der Waals surface area contributed by atoms with Gasteiger partial charge in [0.2, 0.25) is 5.13 Å². The van der Waals surface area contributed by atoms with E-state index in [1.807, 2.05) is 68.4 Å². The van der Waals surface area contributed by atoms with Crippen LogP contribution in [0.3, 0.4) is 0 Å². The zero-order chi connectivity index (χ0) is 18.8. The Morgan fingerprint density at radius 3 is 2.59 bits per heavy atom. The molecule has 4 aromatic rings. The molecule has 0 fully saturated rings. The fourth-order valence-corrected chi connectivity index (χ4v) is 3.52. The van der Waals surface area contributed by atoms with Crippen molar-refractivity contribution in [2.75, 3.05) is 5.32 Å². The van der Waals surface area contributed by atoms with Gasteiger partial charge in [0.25, 0.3) is 5.91 Å². The minimum absolute atomic E-state index is 0.208. The normalized spacial score (nSPS) is 10.9. The van der Waals surface area contributed by atoms with E-state index in [-0.39, 0.29) is 5.91 Å². The number of nitrogens with zero attached hydrogens (tertiary/aromatic N) is 3. The maximum atomic E-state index is 13.0. The standard InChI is InChI=1S/C21H18N4OS/c1-3-19-24-25-21(27-19)23-20(26)16-12-18(14-10-8-13(2)9-11-14)22-17-7-5-4-6-15(16)17/h4-12H,3H2,1-2H3,(H,23,25,26). The third-order valence-corrected chi connectivity index (χ3v) is 5.28. The first-order valence-electron chi connectivity index (χ1n) is 8.74. The minimum atomic E-state index is -0.208. The van der Waals surface area contributed by atoms with Gasteiger partial charge in [0, 0.05) is 10.9 Å². The largest absolute Gasteiger partial charge is 0.296 e. The Morgan fingerprint density at radius 1 is 1.07 bits per heavy atom. The lowest BCUT2D eigenvalue weighted by atomic mass is 10.0. The van der Waals surface area contributed by atoms with Gasteiger partial charge < -0.3 is 0 Å². The van der Waals surface area contributed by atoms with E-state index in [0.29, 0.717) is 10.7 Å². The molecule has 6 heteroatoms. The van der Waals surface area contributed by atoms with Crippen LogP contribution < -0.4 is 5.32 Å². The summed E-state index contributed by atoms with van der Waals surface area (Å²) in [7, 11) is 0. The van der Waals surface area contributed by atoms with Gasteiger partial charge in [-0.1, -0.05) is 66.3 Å². The molecule has 0 saturated heterocycles. The highest BCUT2D eigenvalue weighted by molar-refractivity contribution is 7.15. The number of fused-ring (bicyclic) bond motifs is 1. The van der Waals surface area contributed by atoms with E-state index in [4.69, 9.17) is 4.98 Å². The molecule has 0 aliphatic heterocycles. The molecule has 0 bridgehead atoms. The lowest BCUT2D eigenvalue weighted by molar-refractivity contribution is 0.102. The molecule has 2 aromatic heterocycles. The van der Waals surface area contributed by atoms with E-state index in [2.05, 4.69) is 15.5 Å². The number of para-hydroxylation sites is 1. The Bertz CT molecular complexity index is 1120. The van der Waals surface area contributed by atoms with E-state index >= 15 is 0 Å². The van der Waals surface area contributed by atoms with Crippen LogP contribution in [0.25, 0.3) is 22.2 Å². The fourth-order valence-electron chi connectivity index (χ4n) is 2.85. The number of benzene rings is 2. The molecule has 0 spiro atoms. The monoisotopic (exact) mass is 374 g/mol. The Morgan fingerprint density at radius 2 is 1.85 bits per heavy atom. The molecular weight excluding hydrogens is 356 g/mol. The van der Waals surface area contributed by atoms with Crippen molar-refractivity contribution in [3.8, 4) is 11.3 Å². The second kappa shape index (κ2) is 7.25. The van der Waals surface area contributed by atoms with Crippen LogP contribution in [0.5, 0.6) is 0 Å². The summed E-state index contributed by atoms with van der Waals surface area (Å²) >= 11 is 1.39. The molecule has 0 unspecified atom stereocenters. The molecule has 134 valence electrons. The van der Waals surface area contributed by atoms with E-state index in [9.17, 15) is 4.79 Å². The lowest BCUT2D eigenvalue weighted by Crippen LogP contribution is -2.13. The third-order valence-electron chi connectivity index (χ3n) is 4.30. The quantitative estimate of drug-likeness (QED) is 0.553. The average Bonchev–Trinajstić information content (AvgIpc) is 3.15. The van der Waals surface area contributed by atoms with E-state index in [1.165, 1.54) is 16.9 Å². The zero-order valence-electron chi connectivity index (χ0n) is 15.1. The summed E-state index contributed by atoms with van der Waals surface area (Å²) in [4.78, 5) is 17.7. The van der Waals surface area contributed by atoms with Crippen molar-refractivity contribution in [1.29, 1.82) is 0 Å². The molecule has 1 N–H and O–H groups in total. The number of anilines is 1. The van der Waals surface area contributed by atoms with Crippen molar-refractivity contribution in [1.82, 2.24) is 15.2 Å². The summed E-state index contributed by atoms with van der Waals surface area (Å²) in [6, 6.07) is 17.6. The van der Waals surface area contributed by atoms with E-state index < -0.39 is 0 Å². The molecule has 0 radical (unpaired) electrons. The molecule has 27 heavy (non-hydrogen) atoms. The fraction of sp³-hybridized carbons (Fsp3) is 0.143. The van der Waals surface area contributed by atoms with Crippen LogP contribution >= 0.6 is 11.3 Å². The van der Waals surface area contributed by atoms with Gasteiger partial charge >= 0.3 is 0 Å². The first kappa shape index (κ1) is 17.3. The first-order valence-corrected chi connectivity index (χ1v) is 9.56. The van der Waals surface area contributed by atoms with Crippen molar-refractivity contribution < 1.29 is 4.79 Å². The van der Waals surface area contributed by atoms with Crippen LogP contribution in [0, 0.1) is 6.92 Å². The summed E-state index contributed by atoms with van der Waals surface area (Å²) in [5.74, 6) is -0.208. The average molecular weight is 374 g/mol. The Balaban J connectivity index is 1.78. The first-order chi connectivity index (χ1) is 13.1. The molecule has 1 amide bonds. The smallest absolute Gasteiger partial charge is 0.258 e. The van der Waals surface area contributed by atoms with E-state index in [1.54, 1.807) is 0 Å². The number of rotatable bonds is 4. The molecular formula is C21H18N4OS. The van der Waals surface area contributed by atoms with Gasteiger partial charge in [-0.15, -0.1) is 10.2 Å². The topological polar surface area (TPSA) is 67.8 Å². The molecule has 0 aliphatic rings. The van der Waals surface area contributed by atoms with Crippen molar-refractivity contribution in [2.24, 2.45) is 0 Å². The number of pyridine rings is 1. The zero-order valence-corrected chi connectivity index (χ0v) is 15.9. The van der Waals surface area contributed by atoms with Gasteiger partial charge in [-0.05, 0) is 25.5 Å². The number of carbonyl (C=O) groups excluding carboxylic acids is 1. The Hall–Kier alpha value is -3.12. The lowest BCUT2D eigenvalue weighted by Gasteiger charge is -2.09. The number of aryl methyl sites for hydroxylation is 2. The van der Waals surface area contributed by atoms with Crippen LogP contribution in [-0.4, -0.2) is 21.1 Å². The molecule has 2 aromatic carbocycles. The van der Waals surface area contributed by atoms with Crippen LogP contribution in [0.2, 0.25) is 0 Å². The van der Waals surface area contributed by atoms with Gasteiger partial charge in [0.15, 0.2) is 0 Å². The Labute approximate surface area is 161 Å². The second-order valence-corrected chi connectivity index (χ2v) is 7.31. The second-order valence-electron chi connectivity index (χ2n) is 6.25. The molecule has 4 rings (SSSR count). The predicted octanol–water partition coefficient (Wildman–Crippen LogP) is 4.88. The van der Waals surface area contributed by atoms with Gasteiger partial charge in [-0.2, -0.15) is 0 Å². The van der Waals surface area contributed by atoms with Crippen LogP contribution in [-0.2, 0) is 6.42 Å². The van der Waals surface area contributed by atoms with Crippen molar-refractivity contribution >= 4 is 33.3 Å². The summed E-state index contributed by atoms with van der Waals surface area (Å²) < 4.78 is 0. The number of hydrogen-bond acceptors (Lipinski definition) is 5. The highest BCUT2D eigenvalue weighted by Gasteiger charge is 2.15. The molecule has 5 nitrogen and oxygen atoms in total. The highest BCUT2D eigenvalue weighted by atomic mass is 32.1. The molecule has 0 aliphatic carbocycles. The maximum absolute atomic E-state index is 13.0. The number of nitrogens with one attached hydrogen (secondary N) is 1. The summed E-state index contributed by atoms with van der Waals surface area (Å²) in [5, 5.41) is 13.2. The van der Waals surface area contributed by atoms with Gasteiger partial charge in [0.1, 0.15) is 5.01 Å². The summed E-state index contributed by atoms with van der Waals surface area (Å²) in [5.41, 5.74) is 4.28. The summed E-state index contributed by atoms with van der Waals surface area (Å²) in [6.45, 7) is 4.05. The van der Waals surface area contributed by atoms with Gasteiger partial charge in [-0.25, -0.2) is 4.98 Å². The van der Waals surface area contributed by atoms with Crippen molar-refractivity contribution in [3.05, 3.63) is 70.7 Å².